The van der Waals surface area contributed by atoms with Gasteiger partial charge in [0.1, 0.15) is 5.75 Å². The lowest BCUT2D eigenvalue weighted by Crippen LogP contribution is -2.01. The number of carbonyl (C=O) groups is 1. The lowest BCUT2D eigenvalue weighted by Gasteiger charge is -2.09. The molecule has 3 aromatic carbocycles. The standard InChI is InChI=1S/C18H14O2/c1-3-13-6-4-7-14-11-17-15(10-16(13)14)8-5-9-18(17)20-12(2)19/h3-11H,1H2,2H3. The molecule has 0 N–H and O–H groups in total. The third-order valence-corrected chi connectivity index (χ3v) is 3.35. The molecule has 0 spiro atoms. The Kier molecular flexibility index (Phi) is 2.99. The predicted octanol–water partition coefficient (Wildman–Crippen LogP) is 4.56. The number of hydrogen-bond donors (Lipinski definition) is 0. The van der Waals surface area contributed by atoms with E-state index in [1.807, 2.05) is 42.5 Å². The third kappa shape index (κ3) is 2.05. The van der Waals surface area contributed by atoms with Crippen LogP contribution in [0.2, 0.25) is 0 Å². The first kappa shape index (κ1) is 12.4. The van der Waals surface area contributed by atoms with Gasteiger partial charge in [0.25, 0.3) is 0 Å². The highest BCUT2D eigenvalue weighted by Gasteiger charge is 2.07. The van der Waals surface area contributed by atoms with Gasteiger partial charge in [0.05, 0.1) is 0 Å². The second-order valence-electron chi connectivity index (χ2n) is 4.70. The molecular formula is C18H14O2. The Bertz CT molecular complexity index is 831. The van der Waals surface area contributed by atoms with Gasteiger partial charge in [-0.3, -0.25) is 4.79 Å². The van der Waals surface area contributed by atoms with Crippen LogP contribution >= 0.6 is 0 Å². The van der Waals surface area contributed by atoms with Gasteiger partial charge in [0.2, 0.25) is 0 Å². The summed E-state index contributed by atoms with van der Waals surface area (Å²) >= 11 is 0. The quantitative estimate of drug-likeness (QED) is 0.384. The summed E-state index contributed by atoms with van der Waals surface area (Å²) in [4.78, 5) is 11.2. The molecule has 0 atom stereocenters. The molecule has 0 heterocycles. The summed E-state index contributed by atoms with van der Waals surface area (Å²) < 4.78 is 5.27. The molecule has 0 radical (unpaired) electrons. The van der Waals surface area contributed by atoms with E-state index in [0.29, 0.717) is 5.75 Å². The minimum absolute atomic E-state index is 0.308. The van der Waals surface area contributed by atoms with E-state index in [4.69, 9.17) is 4.74 Å². The topological polar surface area (TPSA) is 26.3 Å². The van der Waals surface area contributed by atoms with Crippen molar-refractivity contribution >= 4 is 33.6 Å². The van der Waals surface area contributed by atoms with Gasteiger partial charge in [0, 0.05) is 12.3 Å². The smallest absolute Gasteiger partial charge is 0.308 e. The van der Waals surface area contributed by atoms with Crippen LogP contribution in [0.3, 0.4) is 0 Å². The van der Waals surface area contributed by atoms with Gasteiger partial charge in [0.15, 0.2) is 0 Å². The average Bonchev–Trinajstić information content (AvgIpc) is 2.44. The third-order valence-electron chi connectivity index (χ3n) is 3.35. The fraction of sp³-hybridized carbons (Fsp3) is 0.0556. The largest absolute Gasteiger partial charge is 0.426 e. The first-order valence-electron chi connectivity index (χ1n) is 6.45. The Hall–Kier alpha value is -2.61. The molecule has 20 heavy (non-hydrogen) atoms. The van der Waals surface area contributed by atoms with Crippen LogP contribution in [0, 0.1) is 0 Å². The molecule has 0 aliphatic heterocycles. The highest BCUT2D eigenvalue weighted by Crippen LogP contribution is 2.31. The van der Waals surface area contributed by atoms with E-state index in [0.717, 1.165) is 27.1 Å². The molecule has 0 saturated carbocycles. The summed E-state index contributed by atoms with van der Waals surface area (Å²) in [6.07, 6.45) is 1.85. The van der Waals surface area contributed by atoms with Crippen LogP contribution in [0.25, 0.3) is 27.6 Å². The molecule has 0 aliphatic rings. The SMILES string of the molecule is C=Cc1cccc2cc3c(OC(C)=O)cccc3cc12. The normalized spacial score (nSPS) is 10.7. The van der Waals surface area contributed by atoms with E-state index in [2.05, 4.69) is 18.7 Å². The fourth-order valence-electron chi connectivity index (χ4n) is 2.47. The maximum atomic E-state index is 11.2. The van der Waals surface area contributed by atoms with Crippen LogP contribution in [-0.2, 0) is 4.79 Å². The van der Waals surface area contributed by atoms with E-state index in [1.54, 1.807) is 0 Å². The Labute approximate surface area is 117 Å². The molecule has 3 rings (SSSR count). The van der Waals surface area contributed by atoms with Gasteiger partial charge in [-0.1, -0.05) is 43.0 Å². The molecule has 0 bridgehead atoms. The average molecular weight is 262 g/mol. The molecule has 0 aliphatic carbocycles. The summed E-state index contributed by atoms with van der Waals surface area (Å²) in [6.45, 7) is 5.26. The Morgan fingerprint density at radius 3 is 2.40 bits per heavy atom. The van der Waals surface area contributed by atoms with Crippen molar-refractivity contribution in [2.24, 2.45) is 0 Å². The van der Waals surface area contributed by atoms with E-state index in [9.17, 15) is 4.79 Å². The maximum Gasteiger partial charge on any atom is 0.308 e. The summed E-state index contributed by atoms with van der Waals surface area (Å²) in [7, 11) is 0. The van der Waals surface area contributed by atoms with Gasteiger partial charge in [-0.15, -0.1) is 0 Å². The van der Waals surface area contributed by atoms with Crippen molar-refractivity contribution < 1.29 is 9.53 Å². The zero-order chi connectivity index (χ0) is 14.1. The number of esters is 1. The van der Waals surface area contributed by atoms with Crippen molar-refractivity contribution in [2.45, 2.75) is 6.92 Å². The Balaban J connectivity index is 2.35. The minimum Gasteiger partial charge on any atom is -0.426 e. The lowest BCUT2D eigenvalue weighted by atomic mass is 9.99. The van der Waals surface area contributed by atoms with Gasteiger partial charge < -0.3 is 4.74 Å². The zero-order valence-electron chi connectivity index (χ0n) is 11.2. The molecule has 0 amide bonds. The maximum absolute atomic E-state index is 11.2. The van der Waals surface area contributed by atoms with Crippen molar-refractivity contribution in [3.63, 3.8) is 0 Å². The van der Waals surface area contributed by atoms with Crippen molar-refractivity contribution in [1.82, 2.24) is 0 Å². The van der Waals surface area contributed by atoms with Gasteiger partial charge in [-0.2, -0.15) is 0 Å². The highest BCUT2D eigenvalue weighted by molar-refractivity contribution is 6.04. The second-order valence-corrected chi connectivity index (χ2v) is 4.70. The van der Waals surface area contributed by atoms with Crippen LogP contribution in [0.5, 0.6) is 5.75 Å². The summed E-state index contributed by atoms with van der Waals surface area (Å²) in [5.41, 5.74) is 1.10. The van der Waals surface area contributed by atoms with Crippen LogP contribution < -0.4 is 4.74 Å². The first-order valence-corrected chi connectivity index (χ1v) is 6.45. The molecule has 0 saturated heterocycles. The number of rotatable bonds is 2. The molecule has 98 valence electrons. The number of benzene rings is 3. The molecule has 2 heteroatoms. The molecule has 2 nitrogen and oxygen atoms in total. The summed E-state index contributed by atoms with van der Waals surface area (Å²) in [6, 6.07) is 16.0. The van der Waals surface area contributed by atoms with Crippen molar-refractivity contribution in [1.29, 1.82) is 0 Å². The lowest BCUT2D eigenvalue weighted by molar-refractivity contribution is -0.131. The molecule has 0 unspecified atom stereocenters. The van der Waals surface area contributed by atoms with Crippen LogP contribution in [0.15, 0.2) is 55.1 Å². The van der Waals surface area contributed by atoms with Crippen molar-refractivity contribution in [3.05, 3.63) is 60.7 Å². The van der Waals surface area contributed by atoms with E-state index >= 15 is 0 Å². The molecule has 0 fully saturated rings. The summed E-state index contributed by atoms with van der Waals surface area (Å²) in [5, 5.41) is 4.24. The molecule has 3 aromatic rings. The molecule has 0 aromatic heterocycles. The zero-order valence-corrected chi connectivity index (χ0v) is 11.2. The number of hydrogen-bond acceptors (Lipinski definition) is 2. The first-order chi connectivity index (χ1) is 9.69. The Morgan fingerprint density at radius 1 is 1.05 bits per heavy atom. The summed E-state index contributed by atoms with van der Waals surface area (Å²) in [5.74, 6) is 0.290. The predicted molar refractivity (Wildman–Crippen MR) is 82.9 cm³/mol. The minimum atomic E-state index is -0.308. The van der Waals surface area contributed by atoms with Gasteiger partial charge in [-0.25, -0.2) is 0 Å². The number of carbonyl (C=O) groups excluding carboxylic acids is 1. The molecular weight excluding hydrogens is 248 g/mol. The van der Waals surface area contributed by atoms with E-state index in [1.165, 1.54) is 6.92 Å². The van der Waals surface area contributed by atoms with Crippen LogP contribution in [0.1, 0.15) is 12.5 Å². The monoisotopic (exact) mass is 262 g/mol. The fourth-order valence-corrected chi connectivity index (χ4v) is 2.47. The van der Waals surface area contributed by atoms with Gasteiger partial charge >= 0.3 is 5.97 Å². The van der Waals surface area contributed by atoms with Crippen molar-refractivity contribution in [3.8, 4) is 5.75 Å². The van der Waals surface area contributed by atoms with Crippen LogP contribution in [-0.4, -0.2) is 5.97 Å². The van der Waals surface area contributed by atoms with Crippen molar-refractivity contribution in [2.75, 3.05) is 0 Å². The van der Waals surface area contributed by atoms with Gasteiger partial charge in [-0.05, 0) is 39.9 Å². The van der Waals surface area contributed by atoms with E-state index in [-0.39, 0.29) is 5.97 Å². The second kappa shape index (κ2) is 4.82. The van der Waals surface area contributed by atoms with E-state index < -0.39 is 0 Å². The number of ether oxygens (including phenoxy) is 1. The van der Waals surface area contributed by atoms with Crippen LogP contribution in [0.4, 0.5) is 0 Å². The number of fused-ring (bicyclic) bond motifs is 2. The highest BCUT2D eigenvalue weighted by atomic mass is 16.5. The Morgan fingerprint density at radius 2 is 1.70 bits per heavy atom.